The highest BCUT2D eigenvalue weighted by molar-refractivity contribution is 6.01. The van der Waals surface area contributed by atoms with E-state index in [-0.39, 0.29) is 6.10 Å². The van der Waals surface area contributed by atoms with Crippen LogP contribution < -0.4 is 0 Å². The van der Waals surface area contributed by atoms with Gasteiger partial charge in [0, 0.05) is 38.9 Å². The average Bonchev–Trinajstić information content (AvgIpc) is 3.18. The maximum atomic E-state index is 11.2. The Morgan fingerprint density at radius 3 is 2.70 bits per heavy atom. The molecule has 0 N–H and O–H groups in total. The molecule has 0 aromatic heterocycles. The molecule has 3 heterocycles. The fourth-order valence-corrected chi connectivity index (χ4v) is 3.43. The molecule has 23 heavy (non-hydrogen) atoms. The lowest BCUT2D eigenvalue weighted by molar-refractivity contribution is -0.0171. The molecule has 1 spiro atoms. The molecule has 6 heteroatoms. The van der Waals surface area contributed by atoms with Gasteiger partial charge in [-0.2, -0.15) is 0 Å². The van der Waals surface area contributed by atoms with Gasteiger partial charge < -0.3 is 14.3 Å². The molecule has 122 valence electrons. The van der Waals surface area contributed by atoms with Crippen LogP contribution in [0.4, 0.5) is 4.79 Å². The highest BCUT2D eigenvalue weighted by atomic mass is 16.8. The molecule has 2 fully saturated rings. The van der Waals surface area contributed by atoms with Crippen LogP contribution in [0.5, 0.6) is 0 Å². The van der Waals surface area contributed by atoms with E-state index < -0.39 is 11.8 Å². The molecule has 3 aliphatic rings. The lowest BCUT2D eigenvalue weighted by atomic mass is 9.92. The topological polar surface area (TPSA) is 60.4 Å². The number of cyclic esters (lactones) is 1. The first-order valence-electron chi connectivity index (χ1n) is 8.09. The number of ether oxygens (including phenoxy) is 2. The van der Waals surface area contributed by atoms with Crippen molar-refractivity contribution in [2.75, 3.05) is 26.2 Å². The van der Waals surface area contributed by atoms with Crippen molar-refractivity contribution < 1.29 is 19.1 Å². The zero-order chi connectivity index (χ0) is 15.7. The molecule has 1 atom stereocenters. The van der Waals surface area contributed by atoms with Crippen molar-refractivity contribution in [1.29, 1.82) is 0 Å². The van der Waals surface area contributed by atoms with E-state index in [9.17, 15) is 4.79 Å². The lowest BCUT2D eigenvalue weighted by Crippen LogP contribution is -2.47. The Morgan fingerprint density at radius 1 is 1.22 bits per heavy atom. The second-order valence-corrected chi connectivity index (χ2v) is 6.46. The van der Waals surface area contributed by atoms with E-state index in [1.807, 2.05) is 18.2 Å². The summed E-state index contributed by atoms with van der Waals surface area (Å²) in [7, 11) is 0. The van der Waals surface area contributed by atoms with E-state index >= 15 is 0 Å². The van der Waals surface area contributed by atoms with Gasteiger partial charge in [-0.25, -0.2) is 4.79 Å². The molecule has 1 aromatic rings. The molecule has 0 saturated carbocycles. The summed E-state index contributed by atoms with van der Waals surface area (Å²) in [5, 5.41) is 4.23. The van der Waals surface area contributed by atoms with Crippen LogP contribution in [0.25, 0.3) is 0 Å². The Kier molecular flexibility index (Phi) is 3.69. The van der Waals surface area contributed by atoms with Crippen molar-refractivity contribution in [2.45, 2.75) is 31.0 Å². The van der Waals surface area contributed by atoms with Crippen molar-refractivity contribution in [1.82, 2.24) is 4.90 Å². The molecule has 0 bridgehead atoms. The van der Waals surface area contributed by atoms with Crippen LogP contribution in [0.15, 0.2) is 35.5 Å². The summed E-state index contributed by atoms with van der Waals surface area (Å²) in [5.74, 6) is 0. The molecule has 1 aromatic carbocycles. The van der Waals surface area contributed by atoms with Gasteiger partial charge in [-0.05, 0) is 5.56 Å². The van der Waals surface area contributed by atoms with Gasteiger partial charge in [-0.1, -0.05) is 35.5 Å². The standard InChI is InChI=1S/C17H20N2O4/c20-16-21-12-17(22-16)6-8-19(9-7-17)11-14-10-15(18-23-14)13-4-2-1-3-5-13/h1-5,14H,6-12H2/t14-/m0/s1. The second-order valence-electron chi connectivity index (χ2n) is 6.46. The van der Waals surface area contributed by atoms with Crippen LogP contribution in [0.1, 0.15) is 24.8 Å². The number of hydrogen-bond donors (Lipinski definition) is 0. The Balaban J connectivity index is 1.28. The summed E-state index contributed by atoms with van der Waals surface area (Å²) in [6.45, 7) is 3.01. The summed E-state index contributed by atoms with van der Waals surface area (Å²) >= 11 is 0. The predicted octanol–water partition coefficient (Wildman–Crippen LogP) is 2.18. The molecular formula is C17H20N2O4. The van der Waals surface area contributed by atoms with E-state index in [1.54, 1.807) is 0 Å². The minimum Gasteiger partial charge on any atom is -0.430 e. The first-order chi connectivity index (χ1) is 11.2. The monoisotopic (exact) mass is 316 g/mol. The van der Waals surface area contributed by atoms with Crippen molar-refractivity contribution in [3.63, 3.8) is 0 Å². The van der Waals surface area contributed by atoms with Crippen LogP contribution in [0, 0.1) is 0 Å². The number of benzene rings is 1. The molecule has 0 radical (unpaired) electrons. The SMILES string of the molecule is O=C1OCC2(CCN(C[C@@H]3CC(c4ccccc4)=NO3)CC2)O1. The molecule has 2 saturated heterocycles. The van der Waals surface area contributed by atoms with Gasteiger partial charge in [0.25, 0.3) is 0 Å². The van der Waals surface area contributed by atoms with Crippen LogP contribution in [0.3, 0.4) is 0 Å². The highest BCUT2D eigenvalue weighted by Crippen LogP contribution is 2.32. The van der Waals surface area contributed by atoms with Gasteiger partial charge in [0.2, 0.25) is 0 Å². The third kappa shape index (κ3) is 3.03. The van der Waals surface area contributed by atoms with Gasteiger partial charge in [0.1, 0.15) is 12.7 Å². The number of carbonyl (C=O) groups excluding carboxylic acids is 1. The number of carbonyl (C=O) groups is 1. The number of oxime groups is 1. The van der Waals surface area contributed by atoms with Gasteiger partial charge in [-0.15, -0.1) is 0 Å². The predicted molar refractivity (Wildman–Crippen MR) is 83.3 cm³/mol. The number of nitrogens with zero attached hydrogens (tertiary/aromatic N) is 2. The fraction of sp³-hybridized carbons (Fsp3) is 0.529. The smallest absolute Gasteiger partial charge is 0.430 e. The normalized spacial score (nSPS) is 26.5. The molecule has 0 aliphatic carbocycles. The summed E-state index contributed by atoms with van der Waals surface area (Å²) < 4.78 is 10.3. The minimum absolute atomic E-state index is 0.0987. The highest BCUT2D eigenvalue weighted by Gasteiger charge is 2.45. The van der Waals surface area contributed by atoms with Crippen molar-refractivity contribution in [2.24, 2.45) is 5.16 Å². The van der Waals surface area contributed by atoms with E-state index in [0.29, 0.717) is 6.61 Å². The molecule has 3 aliphatic heterocycles. The molecule has 0 amide bonds. The average molecular weight is 316 g/mol. The Hall–Kier alpha value is -2.08. The summed E-state index contributed by atoms with van der Waals surface area (Å²) in [6.07, 6.45) is 2.04. The van der Waals surface area contributed by atoms with E-state index in [1.165, 1.54) is 0 Å². The van der Waals surface area contributed by atoms with Gasteiger partial charge in [0.05, 0.1) is 5.71 Å². The van der Waals surface area contributed by atoms with E-state index in [4.69, 9.17) is 14.3 Å². The quantitative estimate of drug-likeness (QED) is 0.800. The maximum absolute atomic E-state index is 11.2. The molecular weight excluding hydrogens is 296 g/mol. The number of piperidine rings is 1. The largest absolute Gasteiger partial charge is 0.509 e. The van der Waals surface area contributed by atoms with Crippen molar-refractivity contribution in [3.8, 4) is 0 Å². The Morgan fingerprint density at radius 2 is 2.00 bits per heavy atom. The van der Waals surface area contributed by atoms with Crippen LogP contribution in [-0.4, -0.2) is 54.7 Å². The van der Waals surface area contributed by atoms with Crippen molar-refractivity contribution >= 4 is 11.9 Å². The van der Waals surface area contributed by atoms with Crippen LogP contribution in [0.2, 0.25) is 0 Å². The van der Waals surface area contributed by atoms with E-state index in [0.717, 1.165) is 50.2 Å². The third-order valence-electron chi connectivity index (χ3n) is 4.82. The number of likely N-dealkylation sites (tertiary alicyclic amines) is 1. The maximum Gasteiger partial charge on any atom is 0.509 e. The summed E-state index contributed by atoms with van der Waals surface area (Å²) in [6, 6.07) is 10.1. The van der Waals surface area contributed by atoms with Gasteiger partial charge in [-0.3, -0.25) is 4.90 Å². The van der Waals surface area contributed by atoms with Gasteiger partial charge in [0.15, 0.2) is 5.60 Å². The van der Waals surface area contributed by atoms with Gasteiger partial charge >= 0.3 is 6.16 Å². The number of hydrogen-bond acceptors (Lipinski definition) is 6. The minimum atomic E-state index is -0.529. The molecule has 6 nitrogen and oxygen atoms in total. The Labute approximate surface area is 135 Å². The fourth-order valence-electron chi connectivity index (χ4n) is 3.43. The zero-order valence-electron chi connectivity index (χ0n) is 12.9. The summed E-state index contributed by atoms with van der Waals surface area (Å²) in [5.41, 5.74) is 1.75. The summed E-state index contributed by atoms with van der Waals surface area (Å²) in [4.78, 5) is 19.1. The second kappa shape index (κ2) is 5.85. The molecule has 0 unspecified atom stereocenters. The first-order valence-corrected chi connectivity index (χ1v) is 8.09. The lowest BCUT2D eigenvalue weighted by Gasteiger charge is -2.36. The number of rotatable bonds is 3. The van der Waals surface area contributed by atoms with E-state index in [2.05, 4.69) is 22.2 Å². The van der Waals surface area contributed by atoms with Crippen molar-refractivity contribution in [3.05, 3.63) is 35.9 Å². The molecule has 4 rings (SSSR count). The van der Waals surface area contributed by atoms with Crippen LogP contribution in [-0.2, 0) is 14.3 Å². The third-order valence-corrected chi connectivity index (χ3v) is 4.82. The Bertz CT molecular complexity index is 608. The first kappa shape index (κ1) is 14.5. The van der Waals surface area contributed by atoms with Crippen LogP contribution >= 0.6 is 0 Å². The zero-order valence-corrected chi connectivity index (χ0v) is 12.9.